The number of likely N-dealkylation sites (tertiary alicyclic amines) is 1. The molecule has 1 aromatic heterocycles. The van der Waals surface area contributed by atoms with Gasteiger partial charge in [0.1, 0.15) is 11.0 Å². The molecule has 0 radical (unpaired) electrons. The van der Waals surface area contributed by atoms with Gasteiger partial charge in [0, 0.05) is 30.8 Å². The number of amides is 1. The van der Waals surface area contributed by atoms with Crippen molar-refractivity contribution in [1.82, 2.24) is 19.4 Å². The van der Waals surface area contributed by atoms with Gasteiger partial charge in [-0.3, -0.25) is 4.79 Å². The zero-order valence-corrected chi connectivity index (χ0v) is 18.4. The number of benzene rings is 1. The van der Waals surface area contributed by atoms with Crippen LogP contribution in [0.3, 0.4) is 0 Å². The van der Waals surface area contributed by atoms with E-state index in [2.05, 4.69) is 9.82 Å². The van der Waals surface area contributed by atoms with E-state index in [1.165, 1.54) is 22.9 Å². The van der Waals surface area contributed by atoms with Crippen LogP contribution in [0.2, 0.25) is 5.15 Å². The van der Waals surface area contributed by atoms with E-state index in [4.69, 9.17) is 11.6 Å². The Bertz CT molecular complexity index is 1050. The zero-order chi connectivity index (χ0) is 21.9. The average molecular weight is 455 g/mol. The van der Waals surface area contributed by atoms with Crippen molar-refractivity contribution in [2.75, 3.05) is 19.3 Å². The molecule has 10 heteroatoms. The molecule has 1 aromatic carbocycles. The number of piperidine rings is 1. The summed E-state index contributed by atoms with van der Waals surface area (Å²) in [5.41, 5.74) is 1.83. The summed E-state index contributed by atoms with van der Waals surface area (Å²) in [6.07, 6.45) is 6.71. The number of carbonyl (C=O) groups excluding carboxylic acids is 1. The molecule has 1 saturated heterocycles. The molecule has 3 rings (SSSR count). The Labute approximate surface area is 180 Å². The van der Waals surface area contributed by atoms with Crippen molar-refractivity contribution in [1.29, 1.82) is 0 Å². The highest BCUT2D eigenvalue weighted by atomic mass is 35.5. The summed E-state index contributed by atoms with van der Waals surface area (Å²) in [6, 6.07) is 5.59. The molecule has 1 aliphatic rings. The Morgan fingerprint density at radius 1 is 1.33 bits per heavy atom. The molecule has 1 unspecified atom stereocenters. The summed E-state index contributed by atoms with van der Waals surface area (Å²) in [5.74, 6) is -0.564. The Balaban J connectivity index is 1.77. The van der Waals surface area contributed by atoms with Gasteiger partial charge in [-0.05, 0) is 56.5 Å². The molecule has 1 N–H and O–H groups in total. The molecule has 162 valence electrons. The van der Waals surface area contributed by atoms with Gasteiger partial charge in [0.05, 0.1) is 17.6 Å². The number of hydrogen-bond acceptors (Lipinski definition) is 4. The lowest BCUT2D eigenvalue weighted by molar-refractivity contribution is -0.129. The lowest BCUT2D eigenvalue weighted by Gasteiger charge is -2.35. The molecule has 1 aliphatic heterocycles. The third kappa shape index (κ3) is 5.47. The zero-order valence-electron chi connectivity index (χ0n) is 16.8. The van der Waals surface area contributed by atoms with Crippen molar-refractivity contribution >= 4 is 33.6 Å². The van der Waals surface area contributed by atoms with E-state index < -0.39 is 10.0 Å². The summed E-state index contributed by atoms with van der Waals surface area (Å²) in [5, 5.41) is 4.70. The topological polar surface area (TPSA) is 84.3 Å². The number of hydrogen-bond donors (Lipinski definition) is 1. The maximum absolute atomic E-state index is 13.2. The lowest BCUT2D eigenvalue weighted by Crippen LogP contribution is -2.48. The Hall–Kier alpha value is -2.23. The minimum Gasteiger partial charge on any atom is -0.335 e. The second-order valence-corrected chi connectivity index (χ2v) is 9.50. The third-order valence-corrected chi connectivity index (χ3v) is 6.06. The SMILES string of the molecule is Cc1nn(-c2ccc(F)cc2)c(Cl)c1/C=C/C(=O)N1CCCCC1CNS(C)(=O)=O. The Morgan fingerprint density at radius 2 is 2.03 bits per heavy atom. The minimum atomic E-state index is -3.32. The van der Waals surface area contributed by atoms with Crippen molar-refractivity contribution < 1.29 is 17.6 Å². The standard InChI is InChI=1S/C20H24ClFN4O3S/c1-14-18(20(21)26(24-14)16-8-6-15(22)7-9-16)10-11-19(27)25-12-4-3-5-17(25)13-23-30(2,28)29/h6-11,17,23H,3-5,12-13H2,1-2H3/b11-10+. The van der Waals surface area contributed by atoms with Crippen molar-refractivity contribution in [3.63, 3.8) is 0 Å². The van der Waals surface area contributed by atoms with E-state index >= 15 is 0 Å². The van der Waals surface area contributed by atoms with Gasteiger partial charge in [0.2, 0.25) is 15.9 Å². The summed E-state index contributed by atoms with van der Waals surface area (Å²) in [4.78, 5) is 14.5. The van der Waals surface area contributed by atoms with Gasteiger partial charge in [-0.1, -0.05) is 11.6 Å². The first kappa shape index (κ1) is 22.5. The van der Waals surface area contributed by atoms with Crippen molar-refractivity contribution in [3.8, 4) is 5.69 Å². The molecule has 1 atom stereocenters. The number of sulfonamides is 1. The van der Waals surface area contributed by atoms with E-state index in [-0.39, 0.29) is 24.3 Å². The third-order valence-electron chi connectivity index (χ3n) is 5.00. The van der Waals surface area contributed by atoms with Gasteiger partial charge in [-0.15, -0.1) is 0 Å². The van der Waals surface area contributed by atoms with E-state index in [1.807, 2.05) is 0 Å². The fourth-order valence-corrected chi connectivity index (χ4v) is 4.28. The molecule has 0 spiro atoms. The Kier molecular flexibility index (Phi) is 6.95. The van der Waals surface area contributed by atoms with Crippen molar-refractivity contribution in [2.24, 2.45) is 0 Å². The van der Waals surface area contributed by atoms with Crippen LogP contribution in [0, 0.1) is 12.7 Å². The number of aryl methyl sites for hydroxylation is 1. The van der Waals surface area contributed by atoms with E-state index in [1.54, 1.807) is 30.0 Å². The summed E-state index contributed by atoms with van der Waals surface area (Å²) in [6.45, 7) is 2.54. The molecule has 30 heavy (non-hydrogen) atoms. The first-order valence-electron chi connectivity index (χ1n) is 9.60. The largest absolute Gasteiger partial charge is 0.335 e. The molecule has 0 saturated carbocycles. The van der Waals surface area contributed by atoms with Crippen molar-refractivity contribution in [2.45, 2.75) is 32.2 Å². The van der Waals surface area contributed by atoms with Crippen LogP contribution in [0.25, 0.3) is 11.8 Å². The van der Waals surface area contributed by atoms with E-state index in [9.17, 15) is 17.6 Å². The first-order valence-corrected chi connectivity index (χ1v) is 11.9. The summed E-state index contributed by atoms with van der Waals surface area (Å²) in [7, 11) is -3.32. The smallest absolute Gasteiger partial charge is 0.246 e. The molecule has 2 aromatic rings. The van der Waals surface area contributed by atoms with Crippen LogP contribution in [-0.2, 0) is 14.8 Å². The van der Waals surface area contributed by atoms with Gasteiger partial charge in [-0.25, -0.2) is 22.2 Å². The molecule has 0 aliphatic carbocycles. The number of nitrogens with one attached hydrogen (secondary N) is 1. The normalized spacial score (nSPS) is 17.6. The quantitative estimate of drug-likeness (QED) is 0.680. The number of nitrogens with zero attached hydrogens (tertiary/aromatic N) is 3. The molecule has 1 amide bonds. The van der Waals surface area contributed by atoms with Crippen molar-refractivity contribution in [3.05, 3.63) is 52.6 Å². The van der Waals surface area contributed by atoms with Crippen LogP contribution in [0.5, 0.6) is 0 Å². The lowest BCUT2D eigenvalue weighted by atomic mass is 10.0. The average Bonchev–Trinajstić information content (AvgIpc) is 2.98. The van der Waals surface area contributed by atoms with Gasteiger partial charge in [0.15, 0.2) is 0 Å². The van der Waals surface area contributed by atoms with Gasteiger partial charge < -0.3 is 4.90 Å². The van der Waals surface area contributed by atoms with E-state index in [0.717, 1.165) is 25.5 Å². The summed E-state index contributed by atoms with van der Waals surface area (Å²) >= 11 is 6.46. The number of halogens is 2. The van der Waals surface area contributed by atoms with Gasteiger partial charge in [-0.2, -0.15) is 5.10 Å². The molecular weight excluding hydrogens is 431 g/mol. The highest BCUT2D eigenvalue weighted by Gasteiger charge is 2.26. The fourth-order valence-electron chi connectivity index (χ4n) is 3.45. The van der Waals surface area contributed by atoms with E-state index in [0.29, 0.717) is 28.6 Å². The Morgan fingerprint density at radius 3 is 2.70 bits per heavy atom. The van der Waals surface area contributed by atoms with Gasteiger partial charge >= 0.3 is 0 Å². The highest BCUT2D eigenvalue weighted by molar-refractivity contribution is 7.88. The highest BCUT2D eigenvalue weighted by Crippen LogP contribution is 2.25. The van der Waals surface area contributed by atoms with Crippen LogP contribution >= 0.6 is 11.6 Å². The molecule has 0 bridgehead atoms. The van der Waals surface area contributed by atoms with Gasteiger partial charge in [0.25, 0.3) is 0 Å². The summed E-state index contributed by atoms with van der Waals surface area (Å²) < 4.78 is 39.9. The molecular formula is C20H24ClFN4O3S. The predicted octanol–water partition coefficient (Wildman–Crippen LogP) is 2.92. The second-order valence-electron chi connectivity index (χ2n) is 7.31. The number of carbonyl (C=O) groups is 1. The minimum absolute atomic E-state index is 0.191. The fraction of sp³-hybridized carbons (Fsp3) is 0.400. The van der Waals surface area contributed by atoms with Crippen LogP contribution in [0.1, 0.15) is 30.5 Å². The maximum atomic E-state index is 13.2. The first-order chi connectivity index (χ1) is 14.2. The number of aromatic nitrogens is 2. The molecule has 2 heterocycles. The van der Waals surface area contributed by atoms with Crippen LogP contribution in [0.4, 0.5) is 4.39 Å². The monoisotopic (exact) mass is 454 g/mol. The van der Waals surface area contributed by atoms with Crippen LogP contribution < -0.4 is 4.72 Å². The second kappa shape index (κ2) is 9.28. The molecule has 7 nitrogen and oxygen atoms in total. The molecule has 1 fully saturated rings. The predicted molar refractivity (Wildman–Crippen MR) is 115 cm³/mol. The van der Waals surface area contributed by atoms with Crippen LogP contribution in [-0.4, -0.2) is 54.4 Å². The number of rotatable bonds is 6. The maximum Gasteiger partial charge on any atom is 0.246 e. The van der Waals surface area contributed by atoms with Crippen LogP contribution in [0.15, 0.2) is 30.3 Å².